The van der Waals surface area contributed by atoms with Crippen LogP contribution in [0.25, 0.3) is 0 Å². The Kier molecular flexibility index (Phi) is 4.15. The van der Waals surface area contributed by atoms with Gasteiger partial charge in [0.05, 0.1) is 30.3 Å². The van der Waals surface area contributed by atoms with Crippen molar-refractivity contribution in [3.63, 3.8) is 0 Å². The third kappa shape index (κ3) is 2.76. The van der Waals surface area contributed by atoms with E-state index in [0.717, 1.165) is 0 Å². The van der Waals surface area contributed by atoms with E-state index < -0.39 is 24.4 Å². The molecular weight excluding hydrogens is 250 g/mol. The largest absolute Gasteiger partial charge is 0.388 e. The van der Waals surface area contributed by atoms with E-state index in [2.05, 4.69) is 15.3 Å². The number of aliphatic hydroxyl groups is 2. The van der Waals surface area contributed by atoms with E-state index in [1.54, 1.807) is 6.92 Å². The smallest absolute Gasteiger partial charge is 0.150 e. The van der Waals surface area contributed by atoms with Crippen molar-refractivity contribution in [2.75, 3.05) is 17.7 Å². The van der Waals surface area contributed by atoms with Gasteiger partial charge in [0.15, 0.2) is 5.82 Å². The standard InChI is InChI=1S/C11H19N5O3/c1-5-9(17)10(18)7(19-5)2-6-8(14-3-12)11(13)16-4-15-6/h4-5,7,9-10,14,17-18H,2-3,12H2,1H3,(H2,13,15,16)/t5-,7+,9-,10+/m1/s1. The van der Waals surface area contributed by atoms with Crippen LogP contribution in [-0.4, -0.2) is 51.3 Å². The van der Waals surface area contributed by atoms with Crippen molar-refractivity contribution in [1.29, 1.82) is 0 Å². The predicted octanol–water partition coefficient (Wildman–Crippen LogP) is -1.56. The number of rotatable bonds is 4. The average Bonchev–Trinajstić information content (AvgIpc) is 2.61. The first-order valence-corrected chi connectivity index (χ1v) is 6.09. The van der Waals surface area contributed by atoms with E-state index in [-0.39, 0.29) is 12.5 Å². The van der Waals surface area contributed by atoms with E-state index in [0.29, 0.717) is 17.8 Å². The van der Waals surface area contributed by atoms with E-state index in [9.17, 15) is 10.2 Å². The quantitative estimate of drug-likeness (QED) is 0.413. The van der Waals surface area contributed by atoms with Crippen LogP contribution in [-0.2, 0) is 11.2 Å². The lowest BCUT2D eigenvalue weighted by molar-refractivity contribution is 0.0165. The number of hydrogen-bond donors (Lipinski definition) is 5. The SMILES string of the molecule is C[C@H]1O[C@@H](Cc2ncnc(N)c2NCN)[C@H](O)[C@@H]1O. The van der Waals surface area contributed by atoms with Gasteiger partial charge in [0.1, 0.15) is 18.5 Å². The summed E-state index contributed by atoms with van der Waals surface area (Å²) in [6.45, 7) is 1.90. The molecule has 1 fully saturated rings. The minimum atomic E-state index is -0.947. The van der Waals surface area contributed by atoms with Gasteiger partial charge in [0.2, 0.25) is 0 Å². The Balaban J connectivity index is 2.17. The van der Waals surface area contributed by atoms with Crippen molar-refractivity contribution in [1.82, 2.24) is 9.97 Å². The number of nitrogen functional groups attached to an aromatic ring is 1. The highest BCUT2D eigenvalue weighted by atomic mass is 16.5. The van der Waals surface area contributed by atoms with Gasteiger partial charge in [0.25, 0.3) is 0 Å². The molecule has 106 valence electrons. The minimum Gasteiger partial charge on any atom is -0.388 e. The molecule has 8 nitrogen and oxygen atoms in total. The van der Waals surface area contributed by atoms with Gasteiger partial charge >= 0.3 is 0 Å². The van der Waals surface area contributed by atoms with Crippen LogP contribution >= 0.6 is 0 Å². The maximum Gasteiger partial charge on any atom is 0.150 e. The van der Waals surface area contributed by atoms with Crippen LogP contribution in [0, 0.1) is 0 Å². The Hall–Kier alpha value is -1.48. The van der Waals surface area contributed by atoms with E-state index in [4.69, 9.17) is 16.2 Å². The van der Waals surface area contributed by atoms with Gasteiger partial charge in [-0.15, -0.1) is 0 Å². The molecule has 0 aliphatic carbocycles. The summed E-state index contributed by atoms with van der Waals surface area (Å²) in [5.41, 5.74) is 12.3. The van der Waals surface area contributed by atoms with Crippen LogP contribution in [0.1, 0.15) is 12.6 Å². The van der Waals surface area contributed by atoms with Crippen molar-refractivity contribution in [3.8, 4) is 0 Å². The topological polar surface area (TPSA) is 140 Å². The molecule has 0 bridgehead atoms. The van der Waals surface area contributed by atoms with Crippen molar-refractivity contribution >= 4 is 11.5 Å². The molecule has 1 saturated heterocycles. The Morgan fingerprint density at radius 3 is 2.68 bits per heavy atom. The first-order valence-electron chi connectivity index (χ1n) is 6.09. The number of nitrogens with two attached hydrogens (primary N) is 2. The predicted molar refractivity (Wildman–Crippen MR) is 69.2 cm³/mol. The average molecular weight is 269 g/mol. The van der Waals surface area contributed by atoms with Crippen molar-refractivity contribution in [2.24, 2.45) is 5.73 Å². The summed E-state index contributed by atoms with van der Waals surface area (Å²) in [5.74, 6) is 0.288. The minimum absolute atomic E-state index is 0.192. The van der Waals surface area contributed by atoms with Crippen LogP contribution < -0.4 is 16.8 Å². The maximum absolute atomic E-state index is 9.88. The van der Waals surface area contributed by atoms with Gasteiger partial charge in [-0.05, 0) is 6.92 Å². The normalized spacial score (nSPS) is 30.5. The molecule has 7 N–H and O–H groups in total. The van der Waals surface area contributed by atoms with E-state index >= 15 is 0 Å². The lowest BCUT2D eigenvalue weighted by atomic mass is 10.0. The molecule has 2 rings (SSSR count). The van der Waals surface area contributed by atoms with Gasteiger partial charge in [-0.3, -0.25) is 0 Å². The second kappa shape index (κ2) is 5.66. The summed E-state index contributed by atoms with van der Waals surface area (Å²) >= 11 is 0. The van der Waals surface area contributed by atoms with Gasteiger partial charge in [-0.1, -0.05) is 0 Å². The molecule has 0 aromatic carbocycles. The third-order valence-electron chi connectivity index (χ3n) is 3.23. The molecule has 1 aliphatic rings. The molecule has 0 amide bonds. The monoisotopic (exact) mass is 269 g/mol. The zero-order valence-electron chi connectivity index (χ0n) is 10.7. The first-order chi connectivity index (χ1) is 9.04. The zero-order chi connectivity index (χ0) is 14.0. The van der Waals surface area contributed by atoms with Crippen LogP contribution in [0.3, 0.4) is 0 Å². The van der Waals surface area contributed by atoms with Crippen molar-refractivity contribution in [3.05, 3.63) is 12.0 Å². The zero-order valence-corrected chi connectivity index (χ0v) is 10.7. The molecule has 0 saturated carbocycles. The lowest BCUT2D eigenvalue weighted by Gasteiger charge is -2.17. The number of aromatic nitrogens is 2. The molecule has 0 spiro atoms. The van der Waals surface area contributed by atoms with Crippen LogP contribution in [0.5, 0.6) is 0 Å². The Morgan fingerprint density at radius 1 is 1.37 bits per heavy atom. The van der Waals surface area contributed by atoms with Crippen LogP contribution in [0.15, 0.2) is 6.33 Å². The summed E-state index contributed by atoms with van der Waals surface area (Å²) in [6.07, 6.45) is -1.12. The Bertz CT molecular complexity index is 444. The molecule has 0 unspecified atom stereocenters. The number of aliphatic hydroxyl groups excluding tert-OH is 2. The molecule has 1 aliphatic heterocycles. The fraction of sp³-hybridized carbons (Fsp3) is 0.636. The number of anilines is 2. The maximum atomic E-state index is 9.88. The number of hydrogen-bond acceptors (Lipinski definition) is 8. The van der Waals surface area contributed by atoms with E-state index in [1.165, 1.54) is 6.33 Å². The molecule has 4 atom stereocenters. The molecular formula is C11H19N5O3. The molecule has 0 radical (unpaired) electrons. The van der Waals surface area contributed by atoms with Gasteiger partial charge in [-0.2, -0.15) is 0 Å². The van der Waals surface area contributed by atoms with Crippen LogP contribution in [0.4, 0.5) is 11.5 Å². The van der Waals surface area contributed by atoms with Gasteiger partial charge in [-0.25, -0.2) is 9.97 Å². The highest BCUT2D eigenvalue weighted by Gasteiger charge is 2.40. The second-order valence-electron chi connectivity index (χ2n) is 4.53. The number of nitrogens with zero attached hydrogens (tertiary/aromatic N) is 2. The first kappa shape index (κ1) is 13.9. The molecule has 2 heterocycles. The van der Waals surface area contributed by atoms with Crippen molar-refractivity contribution in [2.45, 2.75) is 37.8 Å². The molecule has 19 heavy (non-hydrogen) atoms. The Labute approximate surface area is 110 Å². The third-order valence-corrected chi connectivity index (χ3v) is 3.23. The highest BCUT2D eigenvalue weighted by molar-refractivity contribution is 5.64. The van der Waals surface area contributed by atoms with Gasteiger partial charge < -0.3 is 31.7 Å². The highest BCUT2D eigenvalue weighted by Crippen LogP contribution is 2.27. The number of ether oxygens (including phenoxy) is 1. The van der Waals surface area contributed by atoms with Crippen molar-refractivity contribution < 1.29 is 14.9 Å². The summed E-state index contributed by atoms with van der Waals surface area (Å²) < 4.78 is 5.50. The summed E-state index contributed by atoms with van der Waals surface area (Å²) in [4.78, 5) is 8.00. The molecule has 8 heteroatoms. The Morgan fingerprint density at radius 2 is 2.11 bits per heavy atom. The van der Waals surface area contributed by atoms with Crippen LogP contribution in [0.2, 0.25) is 0 Å². The fourth-order valence-corrected chi connectivity index (χ4v) is 2.18. The molecule has 1 aromatic rings. The van der Waals surface area contributed by atoms with E-state index in [1.807, 2.05) is 0 Å². The fourth-order valence-electron chi connectivity index (χ4n) is 2.18. The van der Waals surface area contributed by atoms with Gasteiger partial charge in [0, 0.05) is 6.42 Å². The summed E-state index contributed by atoms with van der Waals surface area (Å²) in [6, 6.07) is 0. The summed E-state index contributed by atoms with van der Waals surface area (Å²) in [7, 11) is 0. The second-order valence-corrected chi connectivity index (χ2v) is 4.53. The lowest BCUT2D eigenvalue weighted by Crippen LogP contribution is -2.33. The number of nitrogens with one attached hydrogen (secondary N) is 1. The summed E-state index contributed by atoms with van der Waals surface area (Å²) in [5, 5.41) is 22.4. The molecule has 1 aromatic heterocycles.